The largest absolute Gasteiger partial charge is 0.416 e. The molecule has 1 spiro atoms. The molecule has 1 fully saturated rings. The molecule has 0 unspecified atom stereocenters. The Kier molecular flexibility index (Phi) is 4.97. The van der Waals surface area contributed by atoms with Crippen LogP contribution in [0.15, 0.2) is 72.8 Å². The van der Waals surface area contributed by atoms with Crippen LogP contribution in [0.25, 0.3) is 0 Å². The minimum Gasteiger partial charge on any atom is -0.304 e. The van der Waals surface area contributed by atoms with Gasteiger partial charge in [-0.05, 0) is 42.0 Å². The number of thioether (sulfide) groups is 1. The first-order chi connectivity index (χ1) is 15.7. The lowest BCUT2D eigenvalue weighted by atomic mass is 10.0. The SMILES string of the molecule is O=C1CS[C@]2(C(=O)N(Cc3ccc(F)cc3)c3ccccc32)N1c1cccc(C(F)(F)F)c1. The summed E-state index contributed by atoms with van der Waals surface area (Å²) in [6, 6.07) is 17.1. The van der Waals surface area contributed by atoms with Crippen molar-refractivity contribution in [2.45, 2.75) is 17.6 Å². The smallest absolute Gasteiger partial charge is 0.304 e. The number of carbonyl (C=O) groups is 2. The van der Waals surface area contributed by atoms with Crippen molar-refractivity contribution in [1.29, 1.82) is 0 Å². The fraction of sp³-hybridized carbons (Fsp3) is 0.167. The van der Waals surface area contributed by atoms with Crippen molar-refractivity contribution in [2.24, 2.45) is 0 Å². The minimum absolute atomic E-state index is 0.00612. The lowest BCUT2D eigenvalue weighted by molar-refractivity contribution is -0.137. The van der Waals surface area contributed by atoms with E-state index in [-0.39, 0.29) is 18.0 Å². The molecule has 2 aliphatic heterocycles. The number of amides is 2. The van der Waals surface area contributed by atoms with Gasteiger partial charge < -0.3 is 4.90 Å². The van der Waals surface area contributed by atoms with Crippen molar-refractivity contribution in [3.8, 4) is 0 Å². The molecule has 3 aromatic carbocycles. The van der Waals surface area contributed by atoms with Gasteiger partial charge in [0, 0.05) is 11.3 Å². The van der Waals surface area contributed by atoms with Gasteiger partial charge in [0.25, 0.3) is 5.91 Å². The second-order valence-corrected chi connectivity index (χ2v) is 8.91. The number of anilines is 2. The van der Waals surface area contributed by atoms with E-state index in [4.69, 9.17) is 0 Å². The van der Waals surface area contributed by atoms with Gasteiger partial charge in [0.2, 0.25) is 10.8 Å². The average Bonchev–Trinajstić information content (AvgIpc) is 3.26. The number of fused-ring (bicyclic) bond motifs is 2. The number of halogens is 4. The molecule has 0 bridgehead atoms. The highest BCUT2D eigenvalue weighted by Crippen LogP contribution is 2.56. The first kappa shape index (κ1) is 21.5. The molecule has 1 saturated heterocycles. The van der Waals surface area contributed by atoms with Gasteiger partial charge in [-0.1, -0.05) is 36.4 Å². The molecule has 4 nitrogen and oxygen atoms in total. The Bertz CT molecular complexity index is 1260. The molecule has 3 aromatic rings. The van der Waals surface area contributed by atoms with Crippen LogP contribution >= 0.6 is 11.8 Å². The van der Waals surface area contributed by atoms with Gasteiger partial charge in [-0.3, -0.25) is 14.5 Å². The number of nitrogens with zero attached hydrogens (tertiary/aromatic N) is 2. The first-order valence-electron chi connectivity index (χ1n) is 10.0. The van der Waals surface area contributed by atoms with Crippen LogP contribution in [-0.2, 0) is 27.2 Å². The number of alkyl halides is 3. The molecule has 0 saturated carbocycles. The Morgan fingerprint density at radius 1 is 0.939 bits per heavy atom. The fourth-order valence-electron chi connectivity index (χ4n) is 4.31. The number of para-hydroxylation sites is 1. The summed E-state index contributed by atoms with van der Waals surface area (Å²) < 4.78 is 53.4. The van der Waals surface area contributed by atoms with E-state index in [2.05, 4.69) is 0 Å². The van der Waals surface area contributed by atoms with Crippen molar-refractivity contribution in [1.82, 2.24) is 0 Å². The summed E-state index contributed by atoms with van der Waals surface area (Å²) in [6.45, 7) is 0.128. The fourth-order valence-corrected chi connectivity index (χ4v) is 5.67. The van der Waals surface area contributed by atoms with Crippen LogP contribution < -0.4 is 9.80 Å². The van der Waals surface area contributed by atoms with Crippen molar-refractivity contribution < 1.29 is 27.2 Å². The Balaban J connectivity index is 1.63. The zero-order valence-corrected chi connectivity index (χ0v) is 17.8. The monoisotopic (exact) mass is 472 g/mol. The topological polar surface area (TPSA) is 40.6 Å². The number of hydrogen-bond acceptors (Lipinski definition) is 3. The van der Waals surface area contributed by atoms with Gasteiger partial charge in [-0.15, -0.1) is 11.8 Å². The molecule has 33 heavy (non-hydrogen) atoms. The molecule has 0 aromatic heterocycles. The molecule has 9 heteroatoms. The van der Waals surface area contributed by atoms with E-state index in [1.54, 1.807) is 36.4 Å². The van der Waals surface area contributed by atoms with Crippen LogP contribution in [0.1, 0.15) is 16.7 Å². The Morgan fingerprint density at radius 2 is 1.67 bits per heavy atom. The van der Waals surface area contributed by atoms with E-state index in [0.717, 1.165) is 23.9 Å². The van der Waals surface area contributed by atoms with Crippen molar-refractivity contribution in [3.05, 3.63) is 95.3 Å². The maximum absolute atomic E-state index is 13.9. The highest BCUT2D eigenvalue weighted by molar-refractivity contribution is 8.02. The van der Waals surface area contributed by atoms with Gasteiger partial charge in [-0.25, -0.2) is 4.39 Å². The number of hydrogen-bond donors (Lipinski definition) is 0. The minimum atomic E-state index is -4.59. The highest BCUT2D eigenvalue weighted by Gasteiger charge is 2.61. The molecular formula is C24H16F4N2O2S. The van der Waals surface area contributed by atoms with Gasteiger partial charge in [0.05, 0.1) is 23.5 Å². The highest BCUT2D eigenvalue weighted by atomic mass is 32.2. The Labute approximate surface area is 190 Å². The first-order valence-corrected chi connectivity index (χ1v) is 11.0. The van der Waals surface area contributed by atoms with Crippen molar-refractivity contribution >= 4 is 35.0 Å². The lowest BCUT2D eigenvalue weighted by Crippen LogP contribution is -2.49. The molecule has 1 atom stereocenters. The molecule has 0 aliphatic carbocycles. The summed E-state index contributed by atoms with van der Waals surface area (Å²) in [6.07, 6.45) is -4.59. The second-order valence-electron chi connectivity index (χ2n) is 7.74. The average molecular weight is 472 g/mol. The number of benzene rings is 3. The molecule has 2 heterocycles. The van der Waals surface area contributed by atoms with Crippen molar-refractivity contribution in [3.63, 3.8) is 0 Å². The Hall–Kier alpha value is -3.33. The van der Waals surface area contributed by atoms with E-state index < -0.39 is 34.2 Å². The maximum Gasteiger partial charge on any atom is 0.416 e. The molecule has 168 valence electrons. The normalized spacial score (nSPS) is 20.1. The van der Waals surface area contributed by atoms with Gasteiger partial charge in [0.1, 0.15) is 5.82 Å². The zero-order valence-electron chi connectivity index (χ0n) is 17.0. The number of carbonyl (C=O) groups excluding carboxylic acids is 2. The van der Waals surface area contributed by atoms with E-state index >= 15 is 0 Å². The maximum atomic E-state index is 13.9. The predicted octanol–water partition coefficient (Wildman–Crippen LogP) is 5.32. The molecule has 5 rings (SSSR count). The summed E-state index contributed by atoms with van der Waals surface area (Å²) in [7, 11) is 0. The van der Waals surface area contributed by atoms with Crippen LogP contribution in [0.3, 0.4) is 0 Å². The third kappa shape index (κ3) is 3.38. The summed E-state index contributed by atoms with van der Waals surface area (Å²) >= 11 is 1.09. The standard InChI is InChI=1S/C24H16F4N2O2S/c25-17-10-8-15(9-11-17)13-29-20-7-2-1-6-19(20)23(22(29)32)30(21(31)14-33-23)18-5-3-4-16(12-18)24(26,27)28/h1-12H,13-14H2/t23-/m1/s1. The number of rotatable bonds is 3. The van der Waals surface area contributed by atoms with E-state index in [9.17, 15) is 27.2 Å². The van der Waals surface area contributed by atoms with E-state index in [0.29, 0.717) is 16.8 Å². The van der Waals surface area contributed by atoms with Crippen LogP contribution in [-0.4, -0.2) is 17.6 Å². The van der Waals surface area contributed by atoms with Crippen LogP contribution in [0.2, 0.25) is 0 Å². The third-order valence-electron chi connectivity index (χ3n) is 5.75. The molecule has 2 aliphatic rings. The molecule has 0 N–H and O–H groups in total. The van der Waals surface area contributed by atoms with E-state index in [1.165, 1.54) is 34.1 Å². The summed E-state index contributed by atoms with van der Waals surface area (Å²) in [5.74, 6) is -1.34. The lowest BCUT2D eigenvalue weighted by Gasteiger charge is -2.33. The summed E-state index contributed by atoms with van der Waals surface area (Å²) in [5.41, 5.74) is 0.876. The Morgan fingerprint density at radius 3 is 2.39 bits per heavy atom. The zero-order chi connectivity index (χ0) is 23.4. The molecular weight excluding hydrogens is 456 g/mol. The predicted molar refractivity (Wildman–Crippen MR) is 117 cm³/mol. The summed E-state index contributed by atoms with van der Waals surface area (Å²) in [5, 5.41) is 0. The third-order valence-corrected chi connectivity index (χ3v) is 7.14. The molecule has 2 amide bonds. The van der Waals surface area contributed by atoms with Gasteiger partial charge >= 0.3 is 6.18 Å². The summed E-state index contributed by atoms with van der Waals surface area (Å²) in [4.78, 5) is 28.0. The van der Waals surface area contributed by atoms with Gasteiger partial charge in [-0.2, -0.15) is 13.2 Å². The van der Waals surface area contributed by atoms with Crippen LogP contribution in [0.4, 0.5) is 28.9 Å². The van der Waals surface area contributed by atoms with Gasteiger partial charge in [0.15, 0.2) is 0 Å². The second kappa shape index (κ2) is 7.62. The van der Waals surface area contributed by atoms with E-state index in [1.807, 2.05) is 0 Å². The van der Waals surface area contributed by atoms with Crippen LogP contribution in [0.5, 0.6) is 0 Å². The quantitative estimate of drug-likeness (QED) is 0.485. The van der Waals surface area contributed by atoms with Crippen LogP contribution in [0, 0.1) is 5.82 Å². The van der Waals surface area contributed by atoms with Crippen molar-refractivity contribution in [2.75, 3.05) is 15.6 Å². The molecule has 0 radical (unpaired) electrons.